The van der Waals surface area contributed by atoms with Crippen LogP contribution in [0.25, 0.3) is 16.9 Å². The monoisotopic (exact) mass is 380 g/mol. The number of hydrogen-bond donors (Lipinski definition) is 2. The van der Waals surface area contributed by atoms with Crippen molar-refractivity contribution in [3.63, 3.8) is 0 Å². The van der Waals surface area contributed by atoms with Gasteiger partial charge in [-0.05, 0) is 44.9 Å². The van der Waals surface area contributed by atoms with Crippen molar-refractivity contribution in [2.24, 2.45) is 7.05 Å². The Bertz CT molecular complexity index is 1340. The molecule has 0 aliphatic carbocycles. The van der Waals surface area contributed by atoms with E-state index in [-0.39, 0.29) is 0 Å². The van der Waals surface area contributed by atoms with Gasteiger partial charge in [-0.2, -0.15) is 4.98 Å². The van der Waals surface area contributed by atoms with Crippen LogP contribution in [-0.4, -0.2) is 30.0 Å². The zero-order valence-corrected chi connectivity index (χ0v) is 16.8. The average Bonchev–Trinajstić information content (AvgIpc) is 3.14. The summed E-state index contributed by atoms with van der Waals surface area (Å²) in [6.45, 7) is 9.54. The van der Waals surface area contributed by atoms with E-state index in [4.69, 9.17) is 0 Å². The van der Waals surface area contributed by atoms with E-state index in [1.54, 1.807) is 7.05 Å². The summed E-state index contributed by atoms with van der Waals surface area (Å²) >= 11 is 0. The molecule has 3 heterocycles. The third kappa shape index (κ3) is 2.64. The van der Waals surface area contributed by atoms with Gasteiger partial charge in [-0.25, -0.2) is 4.79 Å². The quantitative estimate of drug-likeness (QED) is 0.567. The summed E-state index contributed by atoms with van der Waals surface area (Å²) in [6.07, 6.45) is 0. The molecule has 0 amide bonds. The first-order chi connectivity index (χ1) is 13.3. The maximum absolute atomic E-state index is 12.4. The second-order valence-electron chi connectivity index (χ2n) is 7.31. The number of benzene rings is 1. The normalized spacial score (nSPS) is 11.6. The lowest BCUT2D eigenvalue weighted by molar-refractivity contribution is 0.722. The van der Waals surface area contributed by atoms with Crippen LogP contribution in [-0.2, 0) is 13.6 Å². The summed E-state index contributed by atoms with van der Waals surface area (Å²) < 4.78 is 5.29. The highest BCUT2D eigenvalue weighted by Crippen LogP contribution is 2.21. The number of fused-ring (bicyclic) bond motifs is 3. The van der Waals surface area contributed by atoms with Crippen LogP contribution in [0, 0.1) is 27.7 Å². The van der Waals surface area contributed by atoms with Crippen LogP contribution in [0.5, 0.6) is 0 Å². The second-order valence-corrected chi connectivity index (χ2v) is 7.31. The Balaban J connectivity index is 1.76. The molecule has 0 fully saturated rings. The molecule has 4 aromatic rings. The highest BCUT2D eigenvalue weighted by molar-refractivity contribution is 5.76. The van der Waals surface area contributed by atoms with Gasteiger partial charge in [-0.1, -0.05) is 12.1 Å². The van der Waals surface area contributed by atoms with Gasteiger partial charge in [0, 0.05) is 37.2 Å². The number of nitrogens with zero attached hydrogens (tertiary/aromatic N) is 4. The number of H-pyrrole nitrogens is 1. The lowest BCUT2D eigenvalue weighted by Crippen LogP contribution is -2.28. The van der Waals surface area contributed by atoms with Gasteiger partial charge in [0.2, 0.25) is 5.78 Å². The van der Waals surface area contributed by atoms with E-state index in [0.29, 0.717) is 30.0 Å². The molecule has 28 heavy (non-hydrogen) atoms. The Hall–Kier alpha value is -3.29. The van der Waals surface area contributed by atoms with E-state index >= 15 is 0 Å². The van der Waals surface area contributed by atoms with E-state index in [1.807, 2.05) is 18.2 Å². The molecule has 2 N–H and O–H groups in total. The number of nitrogens with one attached hydrogen (secondary N) is 2. The Morgan fingerprint density at radius 3 is 2.61 bits per heavy atom. The van der Waals surface area contributed by atoms with Gasteiger partial charge in [-0.3, -0.25) is 18.7 Å². The topological polar surface area (TPSA) is 89.1 Å². The Morgan fingerprint density at radius 2 is 1.86 bits per heavy atom. The minimum absolute atomic E-state index is 0.392. The van der Waals surface area contributed by atoms with Crippen molar-refractivity contribution in [2.75, 3.05) is 11.9 Å². The van der Waals surface area contributed by atoms with Crippen LogP contribution in [0.3, 0.4) is 0 Å². The number of aromatic nitrogens is 5. The lowest BCUT2D eigenvalue weighted by atomic mass is 10.1. The molecule has 0 saturated heterocycles. The summed E-state index contributed by atoms with van der Waals surface area (Å²) in [5.74, 6) is 0.666. The predicted octanol–water partition coefficient (Wildman–Crippen LogP) is 2.02. The van der Waals surface area contributed by atoms with Crippen molar-refractivity contribution >= 4 is 22.6 Å². The van der Waals surface area contributed by atoms with Crippen LogP contribution >= 0.6 is 0 Å². The molecule has 0 atom stereocenters. The van der Waals surface area contributed by atoms with Gasteiger partial charge in [0.15, 0.2) is 11.2 Å². The number of anilines is 1. The molecule has 8 nitrogen and oxygen atoms in total. The van der Waals surface area contributed by atoms with Crippen LogP contribution in [0.2, 0.25) is 0 Å². The van der Waals surface area contributed by atoms with Gasteiger partial charge in [0.05, 0.1) is 0 Å². The standard InChI is InChI=1S/C20H24N6O2/c1-11-6-7-12(2)15(10-11)21-8-9-25-13(3)14(4)26-16-17(22-19(25)26)24(5)20(28)23-18(16)27/h6-7,10,21H,8-9H2,1-5H3,(H,23,27,28). The van der Waals surface area contributed by atoms with E-state index in [1.165, 1.54) is 15.7 Å². The van der Waals surface area contributed by atoms with E-state index < -0.39 is 11.2 Å². The van der Waals surface area contributed by atoms with Gasteiger partial charge in [0.1, 0.15) is 0 Å². The van der Waals surface area contributed by atoms with Crippen molar-refractivity contribution in [1.82, 2.24) is 23.5 Å². The van der Waals surface area contributed by atoms with Crippen LogP contribution < -0.4 is 16.6 Å². The van der Waals surface area contributed by atoms with Crippen molar-refractivity contribution in [3.8, 4) is 0 Å². The number of hydrogen-bond acceptors (Lipinski definition) is 4. The molecule has 1 aromatic carbocycles. The number of aromatic amines is 1. The molecule has 8 heteroatoms. The molecule has 0 saturated carbocycles. The zero-order chi connectivity index (χ0) is 20.2. The minimum atomic E-state index is -0.462. The molecule has 0 bridgehead atoms. The molecular formula is C20H24N6O2. The smallest absolute Gasteiger partial charge is 0.329 e. The van der Waals surface area contributed by atoms with Crippen molar-refractivity contribution in [2.45, 2.75) is 34.2 Å². The van der Waals surface area contributed by atoms with Crippen molar-refractivity contribution in [3.05, 3.63) is 61.6 Å². The predicted molar refractivity (Wildman–Crippen MR) is 110 cm³/mol. The van der Waals surface area contributed by atoms with Crippen LogP contribution in [0.15, 0.2) is 27.8 Å². The van der Waals surface area contributed by atoms with E-state index in [0.717, 1.165) is 17.1 Å². The van der Waals surface area contributed by atoms with Gasteiger partial charge in [-0.15, -0.1) is 0 Å². The summed E-state index contributed by atoms with van der Waals surface area (Å²) in [5, 5.41) is 3.49. The summed E-state index contributed by atoms with van der Waals surface area (Å²) in [5.41, 5.74) is 5.42. The first kappa shape index (κ1) is 18.1. The van der Waals surface area contributed by atoms with E-state index in [9.17, 15) is 9.59 Å². The molecule has 0 unspecified atom stereocenters. The molecule has 0 aliphatic rings. The lowest BCUT2D eigenvalue weighted by Gasteiger charge is -2.12. The van der Waals surface area contributed by atoms with Gasteiger partial charge < -0.3 is 9.88 Å². The molecule has 3 aromatic heterocycles. The fourth-order valence-corrected chi connectivity index (χ4v) is 3.67. The van der Waals surface area contributed by atoms with Crippen LogP contribution in [0.4, 0.5) is 5.69 Å². The van der Waals surface area contributed by atoms with Crippen molar-refractivity contribution in [1.29, 1.82) is 0 Å². The Morgan fingerprint density at radius 1 is 1.11 bits per heavy atom. The largest absolute Gasteiger partial charge is 0.383 e. The SMILES string of the molecule is Cc1ccc(C)c(NCCn2c(C)c(C)n3c4c(=O)[nH]c(=O)n(C)c4nc23)c1. The molecular weight excluding hydrogens is 356 g/mol. The highest BCUT2D eigenvalue weighted by Gasteiger charge is 2.20. The Kier molecular flexibility index (Phi) is 4.14. The number of rotatable bonds is 4. The third-order valence-corrected chi connectivity index (χ3v) is 5.45. The maximum Gasteiger partial charge on any atom is 0.329 e. The van der Waals surface area contributed by atoms with E-state index in [2.05, 4.69) is 51.9 Å². The zero-order valence-electron chi connectivity index (χ0n) is 16.8. The first-order valence-electron chi connectivity index (χ1n) is 9.28. The minimum Gasteiger partial charge on any atom is -0.383 e. The molecule has 0 radical (unpaired) electrons. The van der Waals surface area contributed by atoms with Crippen LogP contribution in [0.1, 0.15) is 22.5 Å². The average molecular weight is 380 g/mol. The Labute approximate surface area is 161 Å². The molecule has 0 spiro atoms. The maximum atomic E-state index is 12.4. The highest BCUT2D eigenvalue weighted by atomic mass is 16.2. The fourth-order valence-electron chi connectivity index (χ4n) is 3.67. The third-order valence-electron chi connectivity index (χ3n) is 5.45. The second kappa shape index (κ2) is 6.40. The summed E-state index contributed by atoms with van der Waals surface area (Å²) in [4.78, 5) is 31.3. The first-order valence-corrected chi connectivity index (χ1v) is 9.28. The van der Waals surface area contributed by atoms with Crippen molar-refractivity contribution < 1.29 is 0 Å². The number of imidazole rings is 2. The van der Waals surface area contributed by atoms with Gasteiger partial charge in [0.25, 0.3) is 5.56 Å². The molecule has 0 aliphatic heterocycles. The molecule has 4 rings (SSSR count). The fraction of sp³-hybridized carbons (Fsp3) is 0.350. The number of aryl methyl sites for hydroxylation is 4. The summed E-state index contributed by atoms with van der Waals surface area (Å²) in [6, 6.07) is 6.34. The molecule has 146 valence electrons. The summed E-state index contributed by atoms with van der Waals surface area (Å²) in [7, 11) is 1.61. The van der Waals surface area contributed by atoms with Gasteiger partial charge >= 0.3 is 5.69 Å².